The van der Waals surface area contributed by atoms with Crippen LogP contribution in [0.5, 0.6) is 0 Å². The van der Waals surface area contributed by atoms with Crippen LogP contribution in [-0.2, 0) is 4.74 Å². The van der Waals surface area contributed by atoms with Crippen LogP contribution in [0.3, 0.4) is 0 Å². The van der Waals surface area contributed by atoms with E-state index in [2.05, 4.69) is 11.9 Å². The summed E-state index contributed by atoms with van der Waals surface area (Å²) in [4.78, 5) is 18.1. The number of aromatic nitrogens is 1. The van der Waals surface area contributed by atoms with Crippen molar-refractivity contribution in [3.05, 3.63) is 22.8 Å². The van der Waals surface area contributed by atoms with Gasteiger partial charge in [-0.1, -0.05) is 24.6 Å². The molecule has 0 saturated carbocycles. The molecule has 0 spiro atoms. The van der Waals surface area contributed by atoms with Gasteiger partial charge in [0.05, 0.1) is 0 Å². The normalized spacial score (nSPS) is 19.0. The van der Waals surface area contributed by atoms with Crippen molar-refractivity contribution < 1.29 is 9.53 Å². The van der Waals surface area contributed by atoms with Crippen LogP contribution in [0.1, 0.15) is 45.6 Å². The van der Waals surface area contributed by atoms with Crippen LogP contribution >= 0.6 is 11.6 Å². The van der Waals surface area contributed by atoms with Gasteiger partial charge in [0.1, 0.15) is 16.6 Å². The van der Waals surface area contributed by atoms with E-state index in [1.807, 2.05) is 26.8 Å². The highest BCUT2D eigenvalue weighted by molar-refractivity contribution is 6.29. The highest BCUT2D eigenvalue weighted by Gasteiger charge is 2.31. The second-order valence-electron chi connectivity index (χ2n) is 5.87. The van der Waals surface area contributed by atoms with Gasteiger partial charge in [0, 0.05) is 6.54 Å². The number of rotatable bonds is 0. The molecule has 5 heteroatoms. The first kappa shape index (κ1) is 14.1. The third-order valence-corrected chi connectivity index (χ3v) is 3.27. The summed E-state index contributed by atoms with van der Waals surface area (Å²) in [6.45, 7) is 8.29. The predicted octanol–water partition coefficient (Wildman–Crippen LogP) is 3.98. The summed E-state index contributed by atoms with van der Waals surface area (Å²) in [7, 11) is 0. The van der Waals surface area contributed by atoms with E-state index in [4.69, 9.17) is 16.3 Å². The Morgan fingerprint density at radius 2 is 2.16 bits per heavy atom. The molecule has 1 atom stereocenters. The van der Waals surface area contributed by atoms with Crippen molar-refractivity contribution in [1.29, 1.82) is 0 Å². The summed E-state index contributed by atoms with van der Waals surface area (Å²) in [5.41, 5.74) is 0.528. The van der Waals surface area contributed by atoms with Gasteiger partial charge in [0.15, 0.2) is 0 Å². The molecule has 1 aliphatic heterocycles. The molecule has 104 valence electrons. The van der Waals surface area contributed by atoms with Crippen LogP contribution in [0.4, 0.5) is 10.6 Å². The molecule has 1 aromatic rings. The number of hydrogen-bond acceptors (Lipinski definition) is 3. The van der Waals surface area contributed by atoms with Crippen molar-refractivity contribution in [3.8, 4) is 0 Å². The minimum absolute atomic E-state index is 0.365. The van der Waals surface area contributed by atoms with Crippen LogP contribution in [0.25, 0.3) is 0 Å². The number of carbonyl (C=O) groups is 1. The van der Waals surface area contributed by atoms with E-state index in [9.17, 15) is 4.79 Å². The topological polar surface area (TPSA) is 42.4 Å². The first-order valence-corrected chi connectivity index (χ1v) is 6.82. The fraction of sp³-hybridized carbons (Fsp3) is 0.571. The lowest BCUT2D eigenvalue weighted by atomic mass is 9.94. The number of hydrogen-bond donors (Lipinski definition) is 0. The zero-order valence-electron chi connectivity index (χ0n) is 11.7. The molecular weight excluding hydrogens is 264 g/mol. The van der Waals surface area contributed by atoms with Crippen molar-refractivity contribution in [3.63, 3.8) is 0 Å². The monoisotopic (exact) mass is 282 g/mol. The van der Waals surface area contributed by atoms with E-state index in [1.165, 1.54) is 0 Å². The molecule has 0 radical (unpaired) electrons. The molecule has 0 fully saturated rings. The van der Waals surface area contributed by atoms with E-state index < -0.39 is 5.60 Å². The molecule has 0 aromatic carbocycles. The van der Waals surface area contributed by atoms with E-state index in [0.29, 0.717) is 23.4 Å². The molecule has 1 amide bonds. The highest BCUT2D eigenvalue weighted by atomic mass is 35.5. The minimum Gasteiger partial charge on any atom is -0.443 e. The van der Waals surface area contributed by atoms with Gasteiger partial charge in [-0.25, -0.2) is 9.78 Å². The van der Waals surface area contributed by atoms with Crippen LogP contribution in [0, 0.1) is 0 Å². The molecular formula is C14H19ClN2O2. The molecule has 0 N–H and O–H groups in total. The Labute approximate surface area is 118 Å². The second-order valence-corrected chi connectivity index (χ2v) is 6.26. The molecule has 4 nitrogen and oxygen atoms in total. The van der Waals surface area contributed by atoms with Crippen molar-refractivity contribution in [2.45, 2.75) is 45.6 Å². The summed E-state index contributed by atoms with van der Waals surface area (Å²) in [6, 6.07) is 3.70. The summed E-state index contributed by atoms with van der Waals surface area (Å²) in [5, 5.41) is 0.390. The standard InChI is InChI=1S/C14H19ClN2O2/c1-9-7-8-17(13(18)19-14(2,3)4)12-10(9)5-6-11(15)16-12/h5-6,9H,7-8H2,1-4H3. The number of ether oxygens (including phenoxy) is 1. The number of anilines is 1. The van der Waals surface area contributed by atoms with Crippen LogP contribution < -0.4 is 4.90 Å². The molecule has 0 saturated heterocycles. The summed E-state index contributed by atoms with van der Waals surface area (Å²) >= 11 is 5.94. The Morgan fingerprint density at radius 1 is 1.47 bits per heavy atom. The van der Waals surface area contributed by atoms with Gasteiger partial charge in [-0.2, -0.15) is 0 Å². The van der Waals surface area contributed by atoms with Gasteiger partial charge < -0.3 is 4.74 Å². The van der Waals surface area contributed by atoms with Crippen LogP contribution in [0.2, 0.25) is 5.15 Å². The molecule has 19 heavy (non-hydrogen) atoms. The minimum atomic E-state index is -0.515. The van der Waals surface area contributed by atoms with Gasteiger partial charge >= 0.3 is 6.09 Å². The Balaban J connectivity index is 2.32. The molecule has 2 heterocycles. The van der Waals surface area contributed by atoms with Gasteiger partial charge in [-0.3, -0.25) is 4.90 Å². The average molecular weight is 283 g/mol. The summed E-state index contributed by atoms with van der Waals surface area (Å²) in [6.07, 6.45) is 0.533. The van der Waals surface area contributed by atoms with Crippen molar-refractivity contribution in [2.24, 2.45) is 0 Å². The summed E-state index contributed by atoms with van der Waals surface area (Å²) in [5.74, 6) is 0.999. The van der Waals surface area contributed by atoms with E-state index in [0.717, 1.165) is 12.0 Å². The number of carbonyl (C=O) groups excluding carboxylic acids is 1. The average Bonchev–Trinajstić information content (AvgIpc) is 2.26. The third-order valence-electron chi connectivity index (χ3n) is 3.06. The maximum absolute atomic E-state index is 12.2. The van der Waals surface area contributed by atoms with Crippen molar-refractivity contribution >= 4 is 23.5 Å². The quantitative estimate of drug-likeness (QED) is 0.676. The molecule has 0 aliphatic carbocycles. The molecule has 2 rings (SSSR count). The zero-order chi connectivity index (χ0) is 14.2. The molecule has 1 unspecified atom stereocenters. The van der Waals surface area contributed by atoms with Crippen molar-refractivity contribution in [2.75, 3.05) is 11.4 Å². The maximum atomic E-state index is 12.2. The predicted molar refractivity (Wildman–Crippen MR) is 75.9 cm³/mol. The highest BCUT2D eigenvalue weighted by Crippen LogP contribution is 2.35. The van der Waals surface area contributed by atoms with Crippen LogP contribution in [0.15, 0.2) is 12.1 Å². The lowest BCUT2D eigenvalue weighted by Gasteiger charge is -2.33. The van der Waals surface area contributed by atoms with Gasteiger partial charge in [0.25, 0.3) is 0 Å². The number of pyridine rings is 1. The van der Waals surface area contributed by atoms with E-state index in [-0.39, 0.29) is 6.09 Å². The van der Waals surface area contributed by atoms with Gasteiger partial charge in [-0.05, 0) is 44.7 Å². The number of halogens is 1. The molecule has 1 aliphatic rings. The largest absolute Gasteiger partial charge is 0.443 e. The fourth-order valence-electron chi connectivity index (χ4n) is 2.12. The maximum Gasteiger partial charge on any atom is 0.416 e. The third kappa shape index (κ3) is 3.18. The number of fused-ring (bicyclic) bond motifs is 1. The lowest BCUT2D eigenvalue weighted by Crippen LogP contribution is -2.40. The fourth-order valence-corrected chi connectivity index (χ4v) is 2.26. The second kappa shape index (κ2) is 5.00. The zero-order valence-corrected chi connectivity index (χ0v) is 12.5. The van der Waals surface area contributed by atoms with Crippen LogP contribution in [-0.4, -0.2) is 23.2 Å². The lowest BCUT2D eigenvalue weighted by molar-refractivity contribution is 0.0575. The Bertz CT molecular complexity index is 497. The Hall–Kier alpha value is -1.29. The molecule has 1 aromatic heterocycles. The first-order chi connectivity index (χ1) is 8.78. The van der Waals surface area contributed by atoms with E-state index >= 15 is 0 Å². The summed E-state index contributed by atoms with van der Waals surface area (Å²) < 4.78 is 5.41. The number of nitrogens with zero attached hydrogens (tertiary/aromatic N) is 2. The Morgan fingerprint density at radius 3 is 2.79 bits per heavy atom. The smallest absolute Gasteiger partial charge is 0.416 e. The van der Waals surface area contributed by atoms with Crippen molar-refractivity contribution in [1.82, 2.24) is 4.98 Å². The molecule has 0 bridgehead atoms. The first-order valence-electron chi connectivity index (χ1n) is 6.45. The van der Waals surface area contributed by atoms with Gasteiger partial charge in [0.2, 0.25) is 0 Å². The number of amides is 1. The Kier molecular flexibility index (Phi) is 3.72. The van der Waals surface area contributed by atoms with E-state index in [1.54, 1.807) is 11.0 Å². The SMILES string of the molecule is CC1CCN(C(=O)OC(C)(C)C)c2nc(Cl)ccc21. The van der Waals surface area contributed by atoms with Gasteiger partial charge in [-0.15, -0.1) is 0 Å².